The average Bonchev–Trinajstić information content (AvgIpc) is 3.46. The van der Waals surface area contributed by atoms with Crippen LogP contribution in [0, 0.1) is 5.92 Å². The van der Waals surface area contributed by atoms with Crippen molar-refractivity contribution in [2.24, 2.45) is 5.92 Å². The molecule has 0 atom stereocenters. The highest BCUT2D eigenvalue weighted by Gasteiger charge is 2.38. The van der Waals surface area contributed by atoms with Crippen LogP contribution in [-0.4, -0.2) is 11.6 Å². The molecule has 0 aliphatic heterocycles. The van der Waals surface area contributed by atoms with Crippen LogP contribution < -0.4 is 0 Å². The van der Waals surface area contributed by atoms with Gasteiger partial charge in [0.2, 0.25) is 0 Å². The Morgan fingerprint density at radius 1 is 0.354 bits per heavy atom. The smallest absolute Gasteiger partial charge is 0.196 e. The summed E-state index contributed by atoms with van der Waals surface area (Å²) >= 11 is 6.21. The summed E-state index contributed by atoms with van der Waals surface area (Å²) in [6.45, 7) is 22.3. The van der Waals surface area contributed by atoms with Crippen molar-refractivity contribution in [1.29, 1.82) is 0 Å². The first-order valence-electron chi connectivity index (χ1n) is 28.6. The molecule has 79 heavy (non-hydrogen) atoms. The normalized spacial score (nSPS) is 15.7. The highest BCUT2D eigenvalue weighted by molar-refractivity contribution is 8.00. The van der Waals surface area contributed by atoms with Crippen LogP contribution >= 0.6 is 47.0 Å². The summed E-state index contributed by atoms with van der Waals surface area (Å²) in [6, 6.07) is 61.0. The second-order valence-electron chi connectivity index (χ2n) is 25.0. The third-order valence-corrected chi connectivity index (χ3v) is 20.4. The molecule has 0 heterocycles. The van der Waals surface area contributed by atoms with Gasteiger partial charge in [0.1, 0.15) is 0 Å². The van der Waals surface area contributed by atoms with Gasteiger partial charge in [-0.1, -0.05) is 239 Å². The molecule has 0 N–H and O–H groups in total. The second-order valence-corrected chi connectivity index (χ2v) is 29.4. The number of ketones is 2. The van der Waals surface area contributed by atoms with E-state index in [-0.39, 0.29) is 27.8 Å². The lowest BCUT2D eigenvalue weighted by Crippen LogP contribution is -2.24. The van der Waals surface area contributed by atoms with Gasteiger partial charge < -0.3 is 0 Å². The van der Waals surface area contributed by atoms with Crippen molar-refractivity contribution in [3.8, 4) is 22.3 Å². The number of fused-ring (bicyclic) bond motifs is 2. The summed E-state index contributed by atoms with van der Waals surface area (Å²) in [6.07, 6.45) is 10.9. The maximum absolute atomic E-state index is 15.9. The molecule has 0 saturated heterocycles. The van der Waals surface area contributed by atoms with Gasteiger partial charge in [-0.3, -0.25) is 9.59 Å². The Kier molecular flexibility index (Phi) is 17.2. The minimum Gasteiger partial charge on any atom is -0.288 e. The van der Waals surface area contributed by atoms with Crippen LogP contribution in [0.15, 0.2) is 209 Å². The van der Waals surface area contributed by atoms with Gasteiger partial charge >= 0.3 is 0 Å². The molecule has 1 saturated carbocycles. The fourth-order valence-corrected chi connectivity index (χ4v) is 15.0. The molecular weight excluding hydrogens is 1040 g/mol. The molecular formula is C73H76O2S4. The van der Waals surface area contributed by atoms with Crippen LogP contribution in [0.4, 0.5) is 0 Å². The number of benzene rings is 8. The van der Waals surface area contributed by atoms with Crippen LogP contribution in [-0.2, 0) is 16.2 Å². The van der Waals surface area contributed by atoms with E-state index in [1.165, 1.54) is 84.7 Å². The molecule has 0 spiro atoms. The molecule has 6 heteroatoms. The molecule has 8 aromatic carbocycles. The zero-order valence-corrected chi connectivity index (χ0v) is 51.2. The molecule has 0 radical (unpaired) electrons. The van der Waals surface area contributed by atoms with Crippen LogP contribution in [0.25, 0.3) is 22.3 Å². The molecule has 10 rings (SSSR count). The number of unbranched alkanes of at least 4 members (excludes halogenated alkanes) is 2. The monoisotopic (exact) mass is 1110 g/mol. The fourth-order valence-electron chi connectivity index (χ4n) is 11.2. The maximum atomic E-state index is 15.9. The summed E-state index contributed by atoms with van der Waals surface area (Å²) < 4.78 is 0. The predicted octanol–water partition coefficient (Wildman–Crippen LogP) is 22.1. The number of carbonyl (C=O) groups is 2. The molecule has 2 nitrogen and oxygen atoms in total. The van der Waals surface area contributed by atoms with E-state index in [0.717, 1.165) is 56.2 Å². The van der Waals surface area contributed by atoms with Gasteiger partial charge in [0, 0.05) is 61.4 Å². The Bertz CT molecular complexity index is 3440. The fraction of sp³-hybridized carbons (Fsp3) is 0.315. The molecule has 1 fully saturated rings. The summed E-state index contributed by atoms with van der Waals surface area (Å²) in [4.78, 5) is 38.9. The first-order chi connectivity index (χ1) is 37.8. The Morgan fingerprint density at radius 3 is 0.924 bits per heavy atom. The topological polar surface area (TPSA) is 34.1 Å². The number of carbonyl (C=O) groups excluding carboxylic acids is 2. The maximum Gasteiger partial charge on any atom is 0.196 e. The molecule has 0 unspecified atom stereocenters. The van der Waals surface area contributed by atoms with Crippen LogP contribution in [0.5, 0.6) is 0 Å². The first-order valence-corrected chi connectivity index (χ1v) is 31.8. The van der Waals surface area contributed by atoms with Gasteiger partial charge in [-0.05, 0) is 171 Å². The quantitative estimate of drug-likeness (QED) is 0.0952. The summed E-state index contributed by atoms with van der Waals surface area (Å²) in [5.41, 5.74) is 11.9. The van der Waals surface area contributed by atoms with Gasteiger partial charge in [-0.25, -0.2) is 0 Å². The Morgan fingerprint density at radius 2 is 0.633 bits per heavy atom. The van der Waals surface area contributed by atoms with Crippen molar-refractivity contribution < 1.29 is 9.59 Å². The zero-order chi connectivity index (χ0) is 55.6. The Labute approximate surface area is 489 Å². The summed E-state index contributed by atoms with van der Waals surface area (Å²) in [5.74, 6) is 1.37. The second kappa shape index (κ2) is 23.9. The predicted molar refractivity (Wildman–Crippen MR) is 338 cm³/mol. The van der Waals surface area contributed by atoms with E-state index in [4.69, 9.17) is 0 Å². The lowest BCUT2D eigenvalue weighted by Gasteiger charge is -2.29. The molecule has 0 bridgehead atoms. The van der Waals surface area contributed by atoms with E-state index in [2.05, 4.69) is 227 Å². The largest absolute Gasteiger partial charge is 0.288 e. The van der Waals surface area contributed by atoms with Crippen molar-refractivity contribution >= 4 is 58.6 Å². The van der Waals surface area contributed by atoms with E-state index >= 15 is 9.59 Å². The van der Waals surface area contributed by atoms with Crippen LogP contribution in [0.1, 0.15) is 181 Å². The van der Waals surface area contributed by atoms with Crippen LogP contribution in [0.2, 0.25) is 0 Å². The number of hydrogen-bond donors (Lipinski definition) is 0. The van der Waals surface area contributed by atoms with Crippen molar-refractivity contribution in [1.82, 2.24) is 0 Å². The van der Waals surface area contributed by atoms with Crippen molar-refractivity contribution in [2.45, 2.75) is 182 Å². The molecule has 2 aliphatic carbocycles. The average molecular weight is 1110 g/mol. The van der Waals surface area contributed by atoms with E-state index in [0.29, 0.717) is 28.2 Å². The van der Waals surface area contributed by atoms with E-state index in [9.17, 15) is 0 Å². The van der Waals surface area contributed by atoms with E-state index < -0.39 is 0 Å². The number of hydrogen-bond acceptors (Lipinski definition) is 6. The van der Waals surface area contributed by atoms with Crippen molar-refractivity contribution in [2.75, 3.05) is 0 Å². The molecule has 2 aliphatic rings. The van der Waals surface area contributed by atoms with Crippen molar-refractivity contribution in [3.63, 3.8) is 0 Å². The number of rotatable bonds is 15. The minimum absolute atomic E-state index is 0.000921. The zero-order valence-electron chi connectivity index (χ0n) is 47.9. The first kappa shape index (κ1) is 56.8. The molecule has 404 valence electrons. The Hall–Kier alpha value is -5.50. The van der Waals surface area contributed by atoms with Gasteiger partial charge in [0.15, 0.2) is 11.6 Å². The third kappa shape index (κ3) is 13.2. The highest BCUT2D eigenvalue weighted by Crippen LogP contribution is 2.49. The third-order valence-electron chi connectivity index (χ3n) is 16.1. The minimum atomic E-state index is -0.122. The van der Waals surface area contributed by atoms with Gasteiger partial charge in [-0.15, -0.1) is 0 Å². The van der Waals surface area contributed by atoms with Gasteiger partial charge in [0.05, 0.1) is 0 Å². The van der Waals surface area contributed by atoms with Gasteiger partial charge in [0.25, 0.3) is 0 Å². The van der Waals surface area contributed by atoms with Gasteiger partial charge in [-0.2, -0.15) is 0 Å². The molecule has 0 aromatic heterocycles. The Balaban J connectivity index is 0.960. The van der Waals surface area contributed by atoms with Crippen LogP contribution in [0.3, 0.4) is 0 Å². The van der Waals surface area contributed by atoms with E-state index in [1.54, 1.807) is 47.0 Å². The summed E-state index contributed by atoms with van der Waals surface area (Å²) in [5, 5.41) is 0. The lowest BCUT2D eigenvalue weighted by molar-refractivity contribution is 0.0970. The standard InChI is InChI=1S/C73H76O2S4/c1-11-12-13-14-47-15-17-48(18-16-47)49-19-21-50(22-20-49)51-23-25-52(26-24-51)53-27-35-57(36-28-53)76-61-43-44-62(77-58-37-29-54(30-38-58)71(2,3)4)66-65(61)69(74)67-63(78-59-39-31-55(32-40-59)72(5,6)7)45-46-64(68(67)70(66)75)79-60-41-33-56(34-42-60)73(8,9)10/h19-48H,11-18H2,1-10H3. The highest BCUT2D eigenvalue weighted by atomic mass is 32.2. The molecule has 8 aromatic rings. The lowest BCUT2D eigenvalue weighted by atomic mass is 9.77. The summed E-state index contributed by atoms with van der Waals surface area (Å²) in [7, 11) is 0. The SMILES string of the molecule is CCCCCC1CCC(c2ccc(-c3ccc(-c4ccc(Sc5ccc(Sc6ccc(C(C)(C)C)cc6)c6c5C(=O)c5c(Sc7ccc(C(C)(C)C)cc7)ccc(Sc7ccc(C(C)(C)C)cc7)c5C6=O)cc4)cc3)cc2)CC1. The van der Waals surface area contributed by atoms with Crippen molar-refractivity contribution in [3.05, 3.63) is 214 Å². The van der Waals surface area contributed by atoms with E-state index in [1.807, 2.05) is 12.1 Å². The molecule has 0 amide bonds.